The number of aliphatic imine (C=N–C) groups is 1. The number of benzene rings is 1. The van der Waals surface area contributed by atoms with E-state index >= 15 is 0 Å². The third kappa shape index (κ3) is 5.20. The minimum atomic E-state index is 0. The molecule has 0 bridgehead atoms. The van der Waals surface area contributed by atoms with Crippen molar-refractivity contribution in [2.45, 2.75) is 31.7 Å². The number of nitrogens with zero attached hydrogens (tertiary/aromatic N) is 1. The highest BCUT2D eigenvalue weighted by Gasteiger charge is 2.35. The topological polar surface area (TPSA) is 45.7 Å². The summed E-state index contributed by atoms with van der Waals surface area (Å²) in [7, 11) is 1.83. The van der Waals surface area contributed by atoms with Crippen molar-refractivity contribution in [3.63, 3.8) is 0 Å². The first-order chi connectivity index (χ1) is 12.2. The van der Waals surface area contributed by atoms with E-state index in [1.165, 1.54) is 16.7 Å². The third-order valence-electron chi connectivity index (χ3n) is 5.02. The minimum Gasteiger partial charge on any atom is -0.381 e. The van der Waals surface area contributed by atoms with Gasteiger partial charge in [-0.25, -0.2) is 0 Å². The number of guanidine groups is 1. The number of halogens is 1. The van der Waals surface area contributed by atoms with Crippen molar-refractivity contribution in [1.29, 1.82) is 0 Å². The second-order valence-corrected chi connectivity index (χ2v) is 7.40. The van der Waals surface area contributed by atoms with Crippen molar-refractivity contribution in [3.05, 3.63) is 57.8 Å². The molecule has 2 heterocycles. The minimum absolute atomic E-state index is 0. The van der Waals surface area contributed by atoms with E-state index in [0.717, 1.165) is 45.1 Å². The van der Waals surface area contributed by atoms with Gasteiger partial charge < -0.3 is 15.4 Å². The Bertz CT molecular complexity index is 697. The summed E-state index contributed by atoms with van der Waals surface area (Å²) in [6.45, 7) is 5.50. The number of rotatable bonds is 5. The molecule has 0 atom stereocenters. The lowest BCUT2D eigenvalue weighted by molar-refractivity contribution is 0.0512. The van der Waals surface area contributed by atoms with Gasteiger partial charge in [0.2, 0.25) is 0 Å². The maximum atomic E-state index is 5.64. The van der Waals surface area contributed by atoms with Crippen LogP contribution in [0.5, 0.6) is 0 Å². The van der Waals surface area contributed by atoms with Crippen molar-refractivity contribution < 1.29 is 4.74 Å². The quantitative estimate of drug-likeness (QED) is 0.381. The number of aryl methyl sites for hydroxylation is 1. The van der Waals surface area contributed by atoms with Gasteiger partial charge in [0.25, 0.3) is 0 Å². The van der Waals surface area contributed by atoms with E-state index in [0.29, 0.717) is 0 Å². The summed E-state index contributed by atoms with van der Waals surface area (Å²) < 4.78 is 5.64. The van der Waals surface area contributed by atoms with Gasteiger partial charge in [-0.05, 0) is 53.3 Å². The van der Waals surface area contributed by atoms with Crippen LogP contribution in [0.3, 0.4) is 0 Å². The van der Waals surface area contributed by atoms with Crippen LogP contribution in [0.15, 0.2) is 46.1 Å². The van der Waals surface area contributed by atoms with Gasteiger partial charge in [-0.2, -0.15) is 11.3 Å². The van der Waals surface area contributed by atoms with E-state index in [1.807, 2.05) is 7.05 Å². The van der Waals surface area contributed by atoms with Crippen molar-refractivity contribution in [2.24, 2.45) is 4.99 Å². The van der Waals surface area contributed by atoms with Gasteiger partial charge in [-0.1, -0.05) is 24.3 Å². The van der Waals surface area contributed by atoms with Crippen LogP contribution < -0.4 is 10.6 Å². The molecule has 1 aromatic heterocycles. The van der Waals surface area contributed by atoms with Crippen molar-refractivity contribution in [1.82, 2.24) is 10.6 Å². The zero-order valence-electron chi connectivity index (χ0n) is 15.5. The van der Waals surface area contributed by atoms with Crippen LogP contribution in [-0.4, -0.2) is 32.8 Å². The highest BCUT2D eigenvalue weighted by Crippen LogP contribution is 2.36. The van der Waals surface area contributed by atoms with Crippen LogP contribution in [0.2, 0.25) is 0 Å². The van der Waals surface area contributed by atoms with Crippen molar-refractivity contribution in [3.8, 4) is 0 Å². The van der Waals surface area contributed by atoms with E-state index in [2.05, 4.69) is 63.6 Å². The Labute approximate surface area is 177 Å². The fraction of sp³-hybridized carbons (Fsp3) is 0.450. The fourth-order valence-corrected chi connectivity index (χ4v) is 4.19. The van der Waals surface area contributed by atoms with Gasteiger partial charge in [0.05, 0.1) is 0 Å². The Morgan fingerprint density at radius 2 is 1.96 bits per heavy atom. The molecule has 0 amide bonds. The lowest BCUT2D eigenvalue weighted by atomic mass is 9.72. The second-order valence-electron chi connectivity index (χ2n) is 6.62. The number of thiophene rings is 1. The molecule has 6 heteroatoms. The van der Waals surface area contributed by atoms with Crippen LogP contribution >= 0.6 is 35.3 Å². The first-order valence-corrected chi connectivity index (χ1v) is 9.77. The maximum absolute atomic E-state index is 5.64. The summed E-state index contributed by atoms with van der Waals surface area (Å²) in [6, 6.07) is 10.9. The molecule has 1 saturated heterocycles. The standard InChI is InChI=1S/C20H27N3OS.HI/c1-16-5-3-4-6-18(16)20(8-10-24-11-9-20)15-23-19(21-2)22-13-17-7-12-25-14-17;/h3-7,12,14H,8-11,13,15H2,1-2H3,(H2,21,22,23);1H. The number of hydrogen-bond donors (Lipinski definition) is 2. The van der Waals surface area contributed by atoms with Gasteiger partial charge in [0, 0.05) is 38.8 Å². The molecule has 2 aromatic rings. The molecule has 1 aliphatic heterocycles. The van der Waals surface area contributed by atoms with Gasteiger partial charge in [-0.15, -0.1) is 24.0 Å². The molecule has 0 spiro atoms. The molecule has 1 fully saturated rings. The lowest BCUT2D eigenvalue weighted by Crippen LogP contribution is -2.48. The number of nitrogens with one attached hydrogen (secondary N) is 2. The summed E-state index contributed by atoms with van der Waals surface area (Å²) >= 11 is 1.72. The van der Waals surface area contributed by atoms with E-state index < -0.39 is 0 Å². The molecule has 0 radical (unpaired) electrons. The fourth-order valence-electron chi connectivity index (χ4n) is 3.52. The molecule has 1 aromatic carbocycles. The van der Waals surface area contributed by atoms with Crippen molar-refractivity contribution >= 4 is 41.3 Å². The largest absolute Gasteiger partial charge is 0.381 e. The summed E-state index contributed by atoms with van der Waals surface area (Å²) in [4.78, 5) is 4.39. The molecule has 0 unspecified atom stereocenters. The van der Waals surface area contributed by atoms with Crippen molar-refractivity contribution in [2.75, 3.05) is 26.8 Å². The van der Waals surface area contributed by atoms with Crippen LogP contribution in [0.4, 0.5) is 0 Å². The molecule has 4 nitrogen and oxygen atoms in total. The Hall–Kier alpha value is -1.12. The summed E-state index contributed by atoms with van der Waals surface area (Å²) in [5.41, 5.74) is 4.17. The predicted molar refractivity (Wildman–Crippen MR) is 121 cm³/mol. The van der Waals surface area contributed by atoms with Crippen LogP contribution in [0.25, 0.3) is 0 Å². The molecule has 2 N–H and O–H groups in total. The molecule has 1 aliphatic rings. The third-order valence-corrected chi connectivity index (χ3v) is 5.76. The first-order valence-electron chi connectivity index (χ1n) is 8.83. The normalized spacial score (nSPS) is 16.6. The average Bonchev–Trinajstić information content (AvgIpc) is 3.16. The van der Waals surface area contributed by atoms with Gasteiger partial charge in [-0.3, -0.25) is 4.99 Å². The Morgan fingerprint density at radius 1 is 1.19 bits per heavy atom. The molecule has 0 saturated carbocycles. The molecule has 3 rings (SSSR count). The van der Waals surface area contributed by atoms with Crippen LogP contribution in [-0.2, 0) is 16.7 Å². The Morgan fingerprint density at radius 3 is 2.62 bits per heavy atom. The SMILES string of the molecule is CN=C(NCc1ccsc1)NCC1(c2ccccc2C)CCOCC1.I. The van der Waals surface area contributed by atoms with Gasteiger partial charge in [0.15, 0.2) is 5.96 Å². The van der Waals surface area contributed by atoms with Gasteiger partial charge in [0.1, 0.15) is 0 Å². The predicted octanol–water partition coefficient (Wildman–Crippen LogP) is 4.09. The Kier molecular flexibility index (Phi) is 8.37. The average molecular weight is 485 g/mol. The molecule has 142 valence electrons. The summed E-state index contributed by atoms with van der Waals surface area (Å²) in [6.07, 6.45) is 2.07. The van der Waals surface area contributed by atoms with E-state index in [-0.39, 0.29) is 29.4 Å². The molecule has 0 aliphatic carbocycles. The Balaban J connectivity index is 0.00000243. The summed E-state index contributed by atoms with van der Waals surface area (Å²) in [5.74, 6) is 0.852. The lowest BCUT2D eigenvalue weighted by Gasteiger charge is -2.39. The van der Waals surface area contributed by atoms with E-state index in [4.69, 9.17) is 4.74 Å². The maximum Gasteiger partial charge on any atom is 0.191 e. The number of hydrogen-bond acceptors (Lipinski definition) is 3. The second kappa shape index (κ2) is 10.3. The molecular formula is C20H28IN3OS. The van der Waals surface area contributed by atoms with E-state index in [9.17, 15) is 0 Å². The zero-order valence-corrected chi connectivity index (χ0v) is 18.6. The van der Waals surface area contributed by atoms with Gasteiger partial charge >= 0.3 is 0 Å². The van der Waals surface area contributed by atoms with E-state index in [1.54, 1.807) is 11.3 Å². The number of ether oxygens (including phenoxy) is 1. The zero-order chi connectivity index (χ0) is 17.5. The van der Waals surface area contributed by atoms with Crippen LogP contribution in [0, 0.1) is 6.92 Å². The van der Waals surface area contributed by atoms with Crippen LogP contribution in [0.1, 0.15) is 29.5 Å². The summed E-state index contributed by atoms with van der Waals surface area (Å²) in [5, 5.41) is 11.2. The molecular weight excluding hydrogens is 457 g/mol. The molecule has 26 heavy (non-hydrogen) atoms. The monoisotopic (exact) mass is 485 g/mol. The smallest absolute Gasteiger partial charge is 0.191 e. The highest BCUT2D eigenvalue weighted by atomic mass is 127. The highest BCUT2D eigenvalue weighted by molar-refractivity contribution is 14.0. The first kappa shape index (κ1) is 21.2.